The van der Waals surface area contributed by atoms with Gasteiger partial charge in [0.05, 0.1) is 6.42 Å². The molecule has 2 atom stereocenters. The second kappa shape index (κ2) is 9.74. The van der Waals surface area contributed by atoms with E-state index in [1.807, 2.05) is 20.8 Å². The van der Waals surface area contributed by atoms with Gasteiger partial charge in [-0.25, -0.2) is 4.79 Å². The van der Waals surface area contributed by atoms with Gasteiger partial charge in [-0.2, -0.15) is 21.6 Å². The number of carbonyl (C=O) groups is 3. The van der Waals surface area contributed by atoms with Crippen molar-refractivity contribution in [3.8, 4) is 0 Å². The van der Waals surface area contributed by atoms with Gasteiger partial charge < -0.3 is 19.1 Å². The summed E-state index contributed by atoms with van der Waals surface area (Å²) >= 11 is 0. The monoisotopic (exact) mass is 503 g/mol. The van der Waals surface area contributed by atoms with Crippen molar-refractivity contribution in [3.63, 3.8) is 0 Å². The summed E-state index contributed by atoms with van der Waals surface area (Å²) in [6.45, 7) is 6.39. The van der Waals surface area contributed by atoms with Gasteiger partial charge in [-0.1, -0.05) is 27.2 Å². The fourth-order valence-corrected chi connectivity index (χ4v) is 4.05. The van der Waals surface area contributed by atoms with E-state index in [-0.39, 0.29) is 37.3 Å². The van der Waals surface area contributed by atoms with Crippen molar-refractivity contribution in [2.75, 3.05) is 18.8 Å². The van der Waals surface area contributed by atoms with Crippen LogP contribution in [-0.4, -0.2) is 78.7 Å². The molecular formula is C19H28F3NO9S. The van der Waals surface area contributed by atoms with E-state index in [9.17, 15) is 36.0 Å². The van der Waals surface area contributed by atoms with Gasteiger partial charge in [0.2, 0.25) is 17.8 Å². The predicted octanol–water partition coefficient (Wildman–Crippen LogP) is 1.83. The van der Waals surface area contributed by atoms with Gasteiger partial charge in [0.1, 0.15) is 5.75 Å². The van der Waals surface area contributed by atoms with Crippen molar-refractivity contribution in [3.05, 3.63) is 0 Å². The molecule has 14 heteroatoms. The molecule has 2 rings (SSSR count). The molecule has 33 heavy (non-hydrogen) atoms. The second-order valence-electron chi connectivity index (χ2n) is 8.99. The summed E-state index contributed by atoms with van der Waals surface area (Å²) in [7, 11) is -5.09. The van der Waals surface area contributed by atoms with Gasteiger partial charge >= 0.3 is 18.1 Å². The highest BCUT2D eigenvalue weighted by Crippen LogP contribution is 2.37. The van der Waals surface area contributed by atoms with E-state index in [1.54, 1.807) is 4.90 Å². The van der Waals surface area contributed by atoms with Gasteiger partial charge in [0.15, 0.2) is 6.10 Å². The van der Waals surface area contributed by atoms with Crippen LogP contribution < -0.4 is 0 Å². The van der Waals surface area contributed by atoms with Crippen LogP contribution in [0.2, 0.25) is 0 Å². The number of hydrogen-bond acceptors (Lipinski definition) is 8. The Labute approximate surface area is 189 Å². The lowest BCUT2D eigenvalue weighted by Gasteiger charge is -2.38. The van der Waals surface area contributed by atoms with Crippen molar-refractivity contribution in [1.82, 2.24) is 4.90 Å². The number of halogens is 3. The lowest BCUT2D eigenvalue weighted by molar-refractivity contribution is -0.218. The molecule has 0 bridgehead atoms. The number of amides is 1. The molecule has 2 unspecified atom stereocenters. The lowest BCUT2D eigenvalue weighted by atomic mass is 9.85. The van der Waals surface area contributed by atoms with E-state index >= 15 is 0 Å². The average molecular weight is 503 g/mol. The minimum Gasteiger partial charge on any atom is -0.451 e. The first-order valence-electron chi connectivity index (χ1n) is 10.4. The van der Waals surface area contributed by atoms with Crippen molar-refractivity contribution in [1.29, 1.82) is 0 Å². The first kappa shape index (κ1) is 27.3. The van der Waals surface area contributed by atoms with E-state index in [2.05, 4.69) is 4.74 Å². The number of hydrogen-bond donors (Lipinski definition) is 1. The molecule has 0 radical (unpaired) electrons. The molecule has 2 heterocycles. The van der Waals surface area contributed by atoms with E-state index in [1.165, 1.54) is 0 Å². The number of ether oxygens (including phenoxy) is 3. The molecule has 2 fully saturated rings. The van der Waals surface area contributed by atoms with Gasteiger partial charge in [0.25, 0.3) is 10.1 Å². The van der Waals surface area contributed by atoms with Gasteiger partial charge in [-0.05, 0) is 5.41 Å². The van der Waals surface area contributed by atoms with E-state index in [0.29, 0.717) is 6.42 Å². The van der Waals surface area contributed by atoms with Crippen LogP contribution in [0.25, 0.3) is 0 Å². The van der Waals surface area contributed by atoms with Gasteiger partial charge in [-0.15, -0.1) is 0 Å². The van der Waals surface area contributed by atoms with Crippen LogP contribution in [0.1, 0.15) is 52.9 Å². The van der Waals surface area contributed by atoms with Crippen LogP contribution in [0.5, 0.6) is 0 Å². The molecule has 1 spiro atoms. The maximum Gasteiger partial charge on any atom is 0.426 e. The lowest BCUT2D eigenvalue weighted by Crippen LogP contribution is -2.48. The van der Waals surface area contributed by atoms with Crippen LogP contribution in [-0.2, 0) is 38.7 Å². The number of esters is 2. The molecule has 0 aromatic rings. The SMILES string of the molecule is CCC(C)(C)CC(=O)N1CCC2(CC1)OC(=O)C(CC(=O)OC(CS(=O)(=O)O)C(F)(F)F)O2. The average Bonchev–Trinajstić information content (AvgIpc) is 2.94. The molecule has 0 aromatic carbocycles. The highest BCUT2D eigenvalue weighted by atomic mass is 32.2. The Morgan fingerprint density at radius 3 is 2.33 bits per heavy atom. The molecule has 190 valence electrons. The van der Waals surface area contributed by atoms with E-state index in [0.717, 1.165) is 6.42 Å². The first-order valence-corrected chi connectivity index (χ1v) is 12.0. The molecule has 2 aliphatic rings. The van der Waals surface area contributed by atoms with Crippen LogP contribution >= 0.6 is 0 Å². The van der Waals surface area contributed by atoms with Crippen LogP contribution in [0, 0.1) is 5.41 Å². The smallest absolute Gasteiger partial charge is 0.426 e. The molecule has 2 aliphatic heterocycles. The van der Waals surface area contributed by atoms with Gasteiger partial charge in [-0.3, -0.25) is 14.1 Å². The molecule has 10 nitrogen and oxygen atoms in total. The van der Waals surface area contributed by atoms with Crippen LogP contribution in [0.15, 0.2) is 0 Å². The normalized spacial score (nSPS) is 22.2. The molecule has 0 saturated carbocycles. The van der Waals surface area contributed by atoms with Crippen LogP contribution in [0.4, 0.5) is 13.2 Å². The molecule has 1 amide bonds. The van der Waals surface area contributed by atoms with Crippen molar-refractivity contribution in [2.45, 2.75) is 77.0 Å². The maximum atomic E-state index is 12.9. The Bertz CT molecular complexity index is 864. The van der Waals surface area contributed by atoms with E-state index < -0.39 is 58.4 Å². The minimum absolute atomic E-state index is 0.0572. The van der Waals surface area contributed by atoms with E-state index in [4.69, 9.17) is 14.0 Å². The molecular weight excluding hydrogens is 475 g/mol. The summed E-state index contributed by atoms with van der Waals surface area (Å²) in [6, 6.07) is 0. The summed E-state index contributed by atoms with van der Waals surface area (Å²) in [5.74, 6) is -5.86. The zero-order chi connectivity index (χ0) is 25.2. The molecule has 0 aliphatic carbocycles. The zero-order valence-corrected chi connectivity index (χ0v) is 19.3. The minimum atomic E-state index is -5.25. The van der Waals surface area contributed by atoms with Crippen molar-refractivity contribution < 1.29 is 54.7 Å². The summed E-state index contributed by atoms with van der Waals surface area (Å²) in [4.78, 5) is 38.2. The molecule has 2 saturated heterocycles. The number of likely N-dealkylation sites (tertiary alicyclic amines) is 1. The summed E-state index contributed by atoms with van der Waals surface area (Å²) in [5, 5.41) is 0. The third kappa shape index (κ3) is 7.81. The Morgan fingerprint density at radius 1 is 1.27 bits per heavy atom. The summed E-state index contributed by atoms with van der Waals surface area (Å²) in [6.07, 6.45) is -9.44. The topological polar surface area (TPSA) is 137 Å². The Balaban J connectivity index is 1.93. The Hall–Kier alpha value is -1.93. The number of alkyl halides is 3. The highest BCUT2D eigenvalue weighted by Gasteiger charge is 2.52. The number of piperidine rings is 1. The number of carbonyl (C=O) groups excluding carboxylic acids is 3. The predicted molar refractivity (Wildman–Crippen MR) is 105 cm³/mol. The summed E-state index contributed by atoms with van der Waals surface area (Å²) in [5.41, 5.74) is -0.169. The van der Waals surface area contributed by atoms with Crippen molar-refractivity contribution >= 4 is 28.0 Å². The highest BCUT2D eigenvalue weighted by molar-refractivity contribution is 7.85. The quantitative estimate of drug-likeness (QED) is 0.388. The standard InChI is InChI=1S/C19H28F3NO9S/c1-4-17(2,3)10-14(24)23-7-5-18(6-8-23)31-12(16(26)32-18)9-15(25)30-13(19(20,21)22)11-33(27,28)29/h12-13H,4-11H2,1-3H3,(H,27,28,29). The molecule has 0 aromatic heterocycles. The number of rotatable bonds is 8. The third-order valence-corrected chi connectivity index (χ3v) is 6.45. The Morgan fingerprint density at radius 2 is 1.85 bits per heavy atom. The zero-order valence-electron chi connectivity index (χ0n) is 18.5. The Kier molecular flexibility index (Phi) is 8.06. The number of nitrogens with zero attached hydrogens (tertiary/aromatic N) is 1. The fourth-order valence-electron chi connectivity index (χ4n) is 3.41. The largest absolute Gasteiger partial charge is 0.451 e. The van der Waals surface area contributed by atoms with Crippen molar-refractivity contribution in [2.24, 2.45) is 5.41 Å². The van der Waals surface area contributed by atoms with Crippen LogP contribution in [0.3, 0.4) is 0 Å². The fraction of sp³-hybridized carbons (Fsp3) is 0.842. The first-order chi connectivity index (χ1) is 15.0. The third-order valence-electron chi connectivity index (χ3n) is 5.72. The molecule has 1 N–H and O–H groups in total. The maximum absolute atomic E-state index is 12.9. The van der Waals surface area contributed by atoms with Gasteiger partial charge in [0, 0.05) is 32.4 Å². The second-order valence-corrected chi connectivity index (χ2v) is 10.5. The summed E-state index contributed by atoms with van der Waals surface area (Å²) < 4.78 is 83.8.